The van der Waals surface area contributed by atoms with Crippen LogP contribution in [-0.2, 0) is 0 Å². The van der Waals surface area contributed by atoms with Gasteiger partial charge < -0.3 is 19.3 Å². The Hall–Kier alpha value is -8.02. The minimum atomic E-state index is -0.110. The molecule has 0 N–H and O–H groups in total. The van der Waals surface area contributed by atoms with Crippen LogP contribution in [0.15, 0.2) is 241 Å². The van der Waals surface area contributed by atoms with Gasteiger partial charge in [-0.05, 0) is 98.5 Å². The van der Waals surface area contributed by atoms with Gasteiger partial charge in [-0.2, -0.15) is 0 Å². The van der Waals surface area contributed by atoms with E-state index < -0.39 is 0 Å². The van der Waals surface area contributed by atoms with Crippen molar-refractivity contribution in [2.75, 3.05) is 9.80 Å². The zero-order valence-electron chi connectivity index (χ0n) is 34.3. The second-order valence-corrected chi connectivity index (χ2v) is 16.8. The van der Waals surface area contributed by atoms with E-state index in [1.165, 1.54) is 38.2 Å². The van der Waals surface area contributed by atoms with Crippen LogP contribution < -0.4 is 30.2 Å². The second kappa shape index (κ2) is 14.3. The summed E-state index contributed by atoms with van der Waals surface area (Å²) in [5.41, 5.74) is 10.1. The van der Waals surface area contributed by atoms with Gasteiger partial charge in [-0.15, -0.1) is 0 Å². The molecule has 2 aliphatic heterocycles. The van der Waals surface area contributed by atoms with E-state index in [4.69, 9.17) is 9.47 Å². The number of para-hydroxylation sites is 2. The molecule has 0 fully saturated rings. The van der Waals surface area contributed by atoms with Gasteiger partial charge in [0, 0.05) is 63.3 Å². The Kier molecular flexibility index (Phi) is 8.10. The Morgan fingerprint density at radius 3 is 1.60 bits per heavy atom. The van der Waals surface area contributed by atoms with Gasteiger partial charge in [0.1, 0.15) is 23.0 Å². The van der Waals surface area contributed by atoms with Crippen molar-refractivity contribution in [3.63, 3.8) is 0 Å². The van der Waals surface area contributed by atoms with Crippen molar-refractivity contribution in [2.45, 2.75) is 0 Å². The average molecular weight is 807 g/mol. The number of benzene rings is 9. The highest BCUT2D eigenvalue weighted by Crippen LogP contribution is 2.50. The van der Waals surface area contributed by atoms with Crippen molar-refractivity contribution in [1.82, 2.24) is 0 Å². The maximum absolute atomic E-state index is 7.16. The second-order valence-electron chi connectivity index (χ2n) is 16.8. The summed E-state index contributed by atoms with van der Waals surface area (Å²) in [6.45, 7) is -0.110. The van der Waals surface area contributed by atoms with Crippen molar-refractivity contribution in [3.8, 4) is 17.2 Å². The Morgan fingerprint density at radius 2 is 0.952 bits per heavy atom. The molecule has 2 heterocycles. The Balaban J connectivity index is 1.05. The molecule has 2 atom stereocenters. The molecule has 5 heteroatoms. The maximum Gasteiger partial charge on any atom is 0.257 e. The first-order valence-electron chi connectivity index (χ1n) is 21.8. The molecule has 296 valence electrons. The van der Waals surface area contributed by atoms with Crippen LogP contribution in [-0.4, -0.2) is 6.71 Å². The van der Waals surface area contributed by atoms with Crippen LogP contribution in [0, 0.1) is 11.8 Å². The van der Waals surface area contributed by atoms with Gasteiger partial charge in [0.05, 0.1) is 5.69 Å². The van der Waals surface area contributed by atoms with E-state index in [2.05, 4.69) is 234 Å². The Morgan fingerprint density at radius 1 is 0.397 bits per heavy atom. The molecule has 13 rings (SSSR count). The number of nitrogens with zero attached hydrogens (tertiary/aromatic N) is 2. The molecule has 2 unspecified atom stereocenters. The number of fused-ring (bicyclic) bond motifs is 9. The third-order valence-corrected chi connectivity index (χ3v) is 13.3. The molecule has 0 saturated heterocycles. The number of hydrogen-bond acceptors (Lipinski definition) is 4. The van der Waals surface area contributed by atoms with Crippen LogP contribution >= 0.6 is 0 Å². The zero-order chi connectivity index (χ0) is 41.4. The van der Waals surface area contributed by atoms with Crippen molar-refractivity contribution in [3.05, 3.63) is 241 Å². The molecule has 0 spiro atoms. The fourth-order valence-electron chi connectivity index (χ4n) is 10.6. The predicted molar refractivity (Wildman–Crippen MR) is 261 cm³/mol. The van der Waals surface area contributed by atoms with Gasteiger partial charge in [0.2, 0.25) is 0 Å². The summed E-state index contributed by atoms with van der Waals surface area (Å²) >= 11 is 0. The van der Waals surface area contributed by atoms with Crippen molar-refractivity contribution < 1.29 is 9.47 Å². The molecule has 9 aromatic rings. The topological polar surface area (TPSA) is 24.9 Å². The van der Waals surface area contributed by atoms with Crippen LogP contribution in [0.1, 0.15) is 0 Å². The molecule has 0 aromatic heterocycles. The van der Waals surface area contributed by atoms with Gasteiger partial charge in [-0.3, -0.25) is 0 Å². The molecule has 2 aliphatic carbocycles. The smallest absolute Gasteiger partial charge is 0.257 e. The van der Waals surface area contributed by atoms with E-state index >= 15 is 0 Å². The molecule has 63 heavy (non-hydrogen) atoms. The molecule has 9 aromatic carbocycles. The molecule has 0 radical (unpaired) electrons. The van der Waals surface area contributed by atoms with Gasteiger partial charge >= 0.3 is 0 Å². The van der Waals surface area contributed by atoms with Crippen LogP contribution in [0.2, 0.25) is 0 Å². The quantitative estimate of drug-likeness (QED) is 0.156. The summed E-state index contributed by atoms with van der Waals surface area (Å²) < 4.78 is 14.2. The molecule has 0 amide bonds. The lowest BCUT2D eigenvalue weighted by Crippen LogP contribution is -2.54. The van der Waals surface area contributed by atoms with Crippen LogP contribution in [0.4, 0.5) is 28.4 Å². The van der Waals surface area contributed by atoms with E-state index in [0.717, 1.165) is 67.7 Å². The number of rotatable bonds is 6. The Labute approximate surface area is 366 Å². The van der Waals surface area contributed by atoms with Crippen LogP contribution in [0.3, 0.4) is 0 Å². The normalized spacial score (nSPS) is 16.7. The summed E-state index contributed by atoms with van der Waals surface area (Å²) in [7, 11) is 0. The highest BCUT2D eigenvalue weighted by Gasteiger charge is 2.48. The maximum atomic E-state index is 7.16. The standard InChI is InChI=1S/C58H39BN2O2/c1-3-20-42(21-4-1)60(43-22-5-2-6-23-43)50-36-54-56(48-26-13-11-24-46(48)50)59-57-49-27-14-12-25-47(49)51(37-55(57)63-53-29-15-28-52(62-54)58(53)59)61(44-32-30-38-16-7-9-18-40(38)34-44)45-33-31-39-17-8-10-19-41(39)35-45/h1-37,47,49H. The van der Waals surface area contributed by atoms with E-state index in [0.29, 0.717) is 0 Å². The third-order valence-electron chi connectivity index (χ3n) is 13.3. The summed E-state index contributed by atoms with van der Waals surface area (Å²) in [5, 5.41) is 7.15. The molecule has 4 aliphatic rings. The fraction of sp³-hybridized carbons (Fsp3) is 0.0345. The molecular weight excluding hydrogens is 767 g/mol. The lowest BCUT2D eigenvalue weighted by molar-refractivity contribution is 0.411. The number of ether oxygens (including phenoxy) is 2. The molecule has 0 saturated carbocycles. The SMILES string of the molecule is C1=CC2C(N(c3ccc4ccccc4c3)c3ccc4ccccc4c3)=CC3=C(B4c5c(cccc5Oc5cc(N(c6ccccc6)c6ccccc6)c6ccccc6c54)O3)C2C=C1. The molecule has 0 bridgehead atoms. The minimum absolute atomic E-state index is 0.00847. The first-order chi connectivity index (χ1) is 31.2. The highest BCUT2D eigenvalue weighted by molar-refractivity contribution is 6.95. The van der Waals surface area contributed by atoms with Crippen LogP contribution in [0.25, 0.3) is 32.3 Å². The van der Waals surface area contributed by atoms with E-state index in [1.54, 1.807) is 0 Å². The summed E-state index contributed by atoms with van der Waals surface area (Å²) in [6.07, 6.45) is 11.5. The molecule has 4 nitrogen and oxygen atoms in total. The average Bonchev–Trinajstić information content (AvgIpc) is 3.34. The van der Waals surface area contributed by atoms with Crippen LogP contribution in [0.5, 0.6) is 17.2 Å². The number of anilines is 5. The zero-order valence-corrected chi connectivity index (χ0v) is 34.3. The summed E-state index contributed by atoms with van der Waals surface area (Å²) in [6, 6.07) is 69.5. The largest absolute Gasteiger partial charge is 0.459 e. The number of allylic oxidation sites excluding steroid dienone is 6. The Bertz CT molecular complexity index is 3330. The molecular formula is C58H39BN2O2. The number of hydrogen-bond donors (Lipinski definition) is 0. The van der Waals surface area contributed by atoms with Crippen molar-refractivity contribution >= 4 is 78.4 Å². The predicted octanol–water partition coefficient (Wildman–Crippen LogP) is 13.6. The minimum Gasteiger partial charge on any atom is -0.459 e. The van der Waals surface area contributed by atoms with Gasteiger partial charge in [0.15, 0.2) is 0 Å². The van der Waals surface area contributed by atoms with Gasteiger partial charge in [-0.25, -0.2) is 0 Å². The van der Waals surface area contributed by atoms with Gasteiger partial charge in [0.25, 0.3) is 6.71 Å². The van der Waals surface area contributed by atoms with Gasteiger partial charge in [-0.1, -0.05) is 152 Å². The first-order valence-corrected chi connectivity index (χ1v) is 21.8. The van der Waals surface area contributed by atoms with E-state index in [1.807, 2.05) is 0 Å². The summed E-state index contributed by atoms with van der Waals surface area (Å²) in [4.78, 5) is 4.81. The third kappa shape index (κ3) is 5.70. The van der Waals surface area contributed by atoms with Crippen molar-refractivity contribution in [1.29, 1.82) is 0 Å². The van der Waals surface area contributed by atoms with E-state index in [-0.39, 0.29) is 18.5 Å². The first kappa shape index (κ1) is 35.7. The van der Waals surface area contributed by atoms with Crippen molar-refractivity contribution in [2.24, 2.45) is 11.8 Å². The monoisotopic (exact) mass is 806 g/mol. The lowest BCUT2D eigenvalue weighted by atomic mass is 9.31. The fourth-order valence-corrected chi connectivity index (χ4v) is 10.6. The highest BCUT2D eigenvalue weighted by atomic mass is 16.5. The van der Waals surface area contributed by atoms with E-state index in [9.17, 15) is 0 Å². The summed E-state index contributed by atoms with van der Waals surface area (Å²) in [5.74, 6) is 3.45. The lowest BCUT2D eigenvalue weighted by Gasteiger charge is -2.44.